The quantitative estimate of drug-likeness (QED) is 0.780. The highest BCUT2D eigenvalue weighted by Gasteiger charge is 2.37. The van der Waals surface area contributed by atoms with Gasteiger partial charge in [-0.2, -0.15) is 0 Å². The van der Waals surface area contributed by atoms with Crippen molar-refractivity contribution in [2.75, 3.05) is 19.4 Å². The van der Waals surface area contributed by atoms with Gasteiger partial charge in [-0.05, 0) is 37.3 Å². The third-order valence-corrected chi connectivity index (χ3v) is 4.49. The van der Waals surface area contributed by atoms with Crippen LogP contribution >= 0.6 is 0 Å². The summed E-state index contributed by atoms with van der Waals surface area (Å²) >= 11 is 0. The number of aromatic nitrogens is 1. The molecule has 2 aliphatic heterocycles. The number of hydrogen-bond acceptors (Lipinski definition) is 5. The summed E-state index contributed by atoms with van der Waals surface area (Å²) in [4.78, 5) is 30.3. The fraction of sp³-hybridized carbons (Fsp3) is 0.533. The van der Waals surface area contributed by atoms with Crippen molar-refractivity contribution in [1.29, 1.82) is 0 Å². The van der Waals surface area contributed by atoms with E-state index >= 15 is 0 Å². The number of hydrogen-bond donors (Lipinski definition) is 1. The largest absolute Gasteiger partial charge is 0.469 e. The first-order valence-electron chi connectivity index (χ1n) is 7.23. The SMILES string of the molecule is COC(=O)[C@H]1CC[C@@H]2CCc3cc(N)ncc3C(=O)N2C1. The number of esters is 1. The molecular formula is C15H19N3O3. The van der Waals surface area contributed by atoms with Crippen molar-refractivity contribution in [1.82, 2.24) is 9.88 Å². The molecule has 21 heavy (non-hydrogen) atoms. The van der Waals surface area contributed by atoms with E-state index in [4.69, 9.17) is 10.5 Å². The maximum atomic E-state index is 12.7. The second kappa shape index (κ2) is 5.35. The molecule has 2 atom stereocenters. The Hall–Kier alpha value is -2.11. The molecule has 6 nitrogen and oxygen atoms in total. The molecule has 0 unspecified atom stereocenters. The predicted molar refractivity (Wildman–Crippen MR) is 76.5 cm³/mol. The second-order valence-corrected chi connectivity index (χ2v) is 5.71. The first-order valence-corrected chi connectivity index (χ1v) is 7.23. The third kappa shape index (κ3) is 2.46. The molecule has 1 amide bonds. The molecule has 0 aliphatic carbocycles. The van der Waals surface area contributed by atoms with Crippen LogP contribution in [0.4, 0.5) is 5.82 Å². The zero-order valence-electron chi connectivity index (χ0n) is 12.0. The molecule has 1 saturated heterocycles. The molecule has 3 rings (SSSR count). The van der Waals surface area contributed by atoms with Crippen LogP contribution in [-0.4, -0.2) is 41.5 Å². The van der Waals surface area contributed by atoms with Crippen molar-refractivity contribution in [3.8, 4) is 0 Å². The van der Waals surface area contributed by atoms with E-state index in [1.54, 1.807) is 12.3 Å². The normalized spacial score (nSPS) is 24.8. The number of piperidine rings is 1. The number of nitrogens with two attached hydrogens (primary N) is 1. The van der Waals surface area contributed by atoms with Crippen LogP contribution in [0.5, 0.6) is 0 Å². The van der Waals surface area contributed by atoms with Gasteiger partial charge in [-0.15, -0.1) is 0 Å². The van der Waals surface area contributed by atoms with Crippen molar-refractivity contribution < 1.29 is 14.3 Å². The number of fused-ring (bicyclic) bond motifs is 2. The number of pyridine rings is 1. The molecule has 0 aromatic carbocycles. The van der Waals surface area contributed by atoms with Crippen molar-refractivity contribution in [2.24, 2.45) is 5.92 Å². The van der Waals surface area contributed by atoms with Crippen molar-refractivity contribution in [3.05, 3.63) is 23.4 Å². The van der Waals surface area contributed by atoms with Gasteiger partial charge in [0.15, 0.2) is 0 Å². The van der Waals surface area contributed by atoms with Gasteiger partial charge in [0.1, 0.15) is 5.82 Å². The van der Waals surface area contributed by atoms with Gasteiger partial charge in [0.05, 0.1) is 18.6 Å². The van der Waals surface area contributed by atoms with E-state index in [-0.39, 0.29) is 23.8 Å². The van der Waals surface area contributed by atoms with E-state index < -0.39 is 0 Å². The van der Waals surface area contributed by atoms with E-state index in [1.807, 2.05) is 4.90 Å². The lowest BCUT2D eigenvalue weighted by atomic mass is 9.91. The lowest BCUT2D eigenvalue weighted by Crippen LogP contribution is -2.48. The Morgan fingerprint density at radius 2 is 2.24 bits per heavy atom. The summed E-state index contributed by atoms with van der Waals surface area (Å²) in [6.07, 6.45) is 4.88. The number of nitrogen functional groups attached to an aromatic ring is 1. The summed E-state index contributed by atoms with van der Waals surface area (Å²) in [6, 6.07) is 1.97. The van der Waals surface area contributed by atoms with Gasteiger partial charge in [0, 0.05) is 18.8 Å². The molecule has 0 radical (unpaired) electrons. The van der Waals surface area contributed by atoms with Crippen LogP contribution in [0.3, 0.4) is 0 Å². The Morgan fingerprint density at radius 1 is 1.43 bits per heavy atom. The lowest BCUT2D eigenvalue weighted by molar-refractivity contribution is -0.147. The molecular weight excluding hydrogens is 270 g/mol. The number of carbonyl (C=O) groups is 2. The van der Waals surface area contributed by atoms with Gasteiger partial charge in [0.25, 0.3) is 5.91 Å². The average Bonchev–Trinajstić information content (AvgIpc) is 2.63. The number of anilines is 1. The monoisotopic (exact) mass is 289 g/mol. The summed E-state index contributed by atoms with van der Waals surface area (Å²) in [5.41, 5.74) is 7.27. The zero-order chi connectivity index (χ0) is 15.0. The first kappa shape index (κ1) is 13.9. The Kier molecular flexibility index (Phi) is 3.53. The van der Waals surface area contributed by atoms with Gasteiger partial charge in [0.2, 0.25) is 0 Å². The first-order chi connectivity index (χ1) is 10.1. The lowest BCUT2D eigenvalue weighted by Gasteiger charge is -2.37. The van der Waals surface area contributed by atoms with Crippen molar-refractivity contribution in [2.45, 2.75) is 31.7 Å². The highest BCUT2D eigenvalue weighted by molar-refractivity contribution is 5.96. The molecule has 0 spiro atoms. The van der Waals surface area contributed by atoms with Gasteiger partial charge in [-0.25, -0.2) is 4.98 Å². The molecule has 1 aromatic heterocycles. The minimum Gasteiger partial charge on any atom is -0.469 e. The molecule has 2 N–H and O–H groups in total. The van der Waals surface area contributed by atoms with Gasteiger partial charge < -0.3 is 15.4 Å². The van der Waals surface area contributed by atoms with Crippen LogP contribution < -0.4 is 5.73 Å². The van der Waals surface area contributed by atoms with Gasteiger partial charge in [-0.3, -0.25) is 9.59 Å². The Balaban J connectivity index is 1.89. The van der Waals surface area contributed by atoms with Crippen LogP contribution in [-0.2, 0) is 16.0 Å². The number of rotatable bonds is 1. The van der Waals surface area contributed by atoms with E-state index in [0.717, 1.165) is 31.2 Å². The summed E-state index contributed by atoms with van der Waals surface area (Å²) in [5.74, 6) is -0.0675. The molecule has 3 heterocycles. The van der Waals surface area contributed by atoms with Crippen molar-refractivity contribution >= 4 is 17.7 Å². The Bertz CT molecular complexity index is 588. The molecule has 6 heteroatoms. The molecule has 1 fully saturated rings. The summed E-state index contributed by atoms with van der Waals surface area (Å²) in [7, 11) is 1.39. The smallest absolute Gasteiger partial charge is 0.310 e. The van der Waals surface area contributed by atoms with Crippen LogP contribution in [0, 0.1) is 5.92 Å². The Morgan fingerprint density at radius 3 is 3.00 bits per heavy atom. The van der Waals surface area contributed by atoms with Crippen LogP contribution in [0.15, 0.2) is 12.3 Å². The number of amides is 1. The fourth-order valence-electron chi connectivity index (χ4n) is 3.33. The molecule has 0 bridgehead atoms. The van der Waals surface area contributed by atoms with Crippen LogP contribution in [0.2, 0.25) is 0 Å². The Labute approximate surface area is 123 Å². The second-order valence-electron chi connectivity index (χ2n) is 5.71. The van der Waals surface area contributed by atoms with Gasteiger partial charge in [-0.1, -0.05) is 0 Å². The maximum Gasteiger partial charge on any atom is 0.310 e. The highest BCUT2D eigenvalue weighted by Crippen LogP contribution is 2.31. The maximum absolute atomic E-state index is 12.7. The number of nitrogens with zero attached hydrogens (tertiary/aromatic N) is 2. The summed E-state index contributed by atoms with van der Waals surface area (Å²) in [6.45, 7) is 0.431. The number of aryl methyl sites for hydroxylation is 1. The van der Waals surface area contributed by atoms with Gasteiger partial charge >= 0.3 is 5.97 Å². The molecule has 2 aliphatic rings. The third-order valence-electron chi connectivity index (χ3n) is 4.49. The fourth-order valence-corrected chi connectivity index (χ4v) is 3.33. The molecule has 112 valence electrons. The summed E-state index contributed by atoms with van der Waals surface area (Å²) < 4.78 is 4.82. The molecule has 1 aromatic rings. The number of methoxy groups -OCH3 is 1. The molecule has 0 saturated carbocycles. The summed E-state index contributed by atoms with van der Waals surface area (Å²) in [5, 5.41) is 0. The topological polar surface area (TPSA) is 85.5 Å². The number of ether oxygens (including phenoxy) is 1. The average molecular weight is 289 g/mol. The standard InChI is InChI=1S/C15H19N3O3/c1-21-15(20)10-3-5-11-4-2-9-6-13(16)17-7-12(9)14(19)18(11)8-10/h6-7,10-11H,2-5,8H2,1H3,(H2,16,17)/t10-,11-/m0/s1. The van der Waals surface area contributed by atoms with E-state index in [2.05, 4.69) is 4.98 Å². The van der Waals surface area contributed by atoms with Crippen LogP contribution in [0.1, 0.15) is 35.2 Å². The van der Waals surface area contributed by atoms with Crippen LogP contribution in [0.25, 0.3) is 0 Å². The predicted octanol–water partition coefficient (Wildman–Crippen LogP) is 1.00. The van der Waals surface area contributed by atoms with E-state index in [0.29, 0.717) is 17.9 Å². The van der Waals surface area contributed by atoms with Crippen molar-refractivity contribution in [3.63, 3.8) is 0 Å². The minimum absolute atomic E-state index is 0.0476. The van der Waals surface area contributed by atoms with E-state index in [1.165, 1.54) is 7.11 Å². The zero-order valence-corrected chi connectivity index (χ0v) is 12.0. The highest BCUT2D eigenvalue weighted by atomic mass is 16.5. The minimum atomic E-state index is -0.235. The van der Waals surface area contributed by atoms with E-state index in [9.17, 15) is 9.59 Å². The number of carbonyl (C=O) groups excluding carboxylic acids is 2.